The largest absolute Gasteiger partial charge is 0.508 e. The zero-order valence-electron chi connectivity index (χ0n) is 78.5. The number of aliphatic imine (C=N–C) groups is 5. The van der Waals surface area contributed by atoms with Crippen LogP contribution in [0, 0.1) is 34.6 Å². The van der Waals surface area contributed by atoms with Gasteiger partial charge in [-0.25, -0.2) is 61.8 Å². The van der Waals surface area contributed by atoms with Crippen LogP contribution >= 0.6 is 92.8 Å². The van der Waals surface area contributed by atoms with Crippen molar-refractivity contribution in [1.82, 2.24) is 39.9 Å². The number of benzene rings is 8. The summed E-state index contributed by atoms with van der Waals surface area (Å²) >= 11 is 47.1. The first-order valence-electron chi connectivity index (χ1n) is 44.4. The number of amidine groups is 2. The Hall–Kier alpha value is -9.74. The minimum Gasteiger partial charge on any atom is -0.508 e. The summed E-state index contributed by atoms with van der Waals surface area (Å²) in [7, 11) is 5.92. The average molecular weight is 2090 g/mol. The summed E-state index contributed by atoms with van der Waals surface area (Å²) in [6, 6.07) is 38.4. The molecule has 3 aliphatic rings. The summed E-state index contributed by atoms with van der Waals surface area (Å²) in [6.07, 6.45) is 11.2. The second-order valence-corrected chi connectivity index (χ2v) is 38.0. The van der Waals surface area contributed by atoms with Gasteiger partial charge in [-0.2, -0.15) is 9.78 Å². The first-order valence-corrected chi connectivity index (χ1v) is 50.6. The molecule has 43 heteroatoms. The number of ether oxygens (including phenoxy) is 1. The number of hydrogen-bond acceptors (Lipinski definition) is 23. The predicted molar refractivity (Wildman–Crippen MR) is 563 cm³/mol. The molecule has 2 fully saturated rings. The van der Waals surface area contributed by atoms with Gasteiger partial charge in [0.05, 0.1) is 85.6 Å². The summed E-state index contributed by atoms with van der Waals surface area (Å²) < 4.78 is 65.2. The van der Waals surface area contributed by atoms with Crippen molar-refractivity contribution in [1.29, 1.82) is 0 Å². The normalized spacial score (nSPS) is 15.2. The Morgan fingerprint density at radius 3 is 1.26 bits per heavy atom. The van der Waals surface area contributed by atoms with Crippen LogP contribution in [0.5, 0.6) is 11.5 Å². The number of fused-ring (bicyclic) bond motifs is 1. The number of aromatic hydroxyl groups is 1. The lowest BCUT2D eigenvalue weighted by atomic mass is 10.0. The third-order valence-corrected chi connectivity index (χ3v) is 26.4. The summed E-state index contributed by atoms with van der Waals surface area (Å²) in [5, 5.41) is 33.0. The Bertz CT molecular complexity index is 6030. The summed E-state index contributed by atoms with van der Waals surface area (Å²) in [5.41, 5.74) is 17.8. The molecule has 0 radical (unpaired) electrons. The second-order valence-electron chi connectivity index (χ2n) is 31.4. The van der Waals surface area contributed by atoms with E-state index in [9.17, 15) is 32.1 Å². The third kappa shape index (κ3) is 30.4. The van der Waals surface area contributed by atoms with Crippen LogP contribution in [-0.4, -0.2) is 178 Å². The number of rotatable bonds is 44. The monoisotopic (exact) mass is 2090 g/mol. The van der Waals surface area contributed by atoms with Gasteiger partial charge >= 0.3 is 0 Å². The molecule has 32 nitrogen and oxygen atoms in total. The van der Waals surface area contributed by atoms with Crippen LogP contribution in [0.3, 0.4) is 0 Å². The van der Waals surface area contributed by atoms with Gasteiger partial charge in [0, 0.05) is 104 Å². The smallest absolute Gasteiger partial charge is 0.299 e. The number of nitrogens with one attached hydrogen (secondary N) is 7. The molecule has 12 rings (SSSR count). The number of anilines is 7. The van der Waals surface area contributed by atoms with E-state index in [1.165, 1.54) is 89.1 Å². The Morgan fingerprint density at radius 1 is 0.467 bits per heavy atom. The number of aromatic nitrogens is 3. The zero-order valence-corrected chi connectivity index (χ0v) is 87.0. The molecule has 8 aromatic carbocycles. The molecule has 734 valence electrons. The van der Waals surface area contributed by atoms with Gasteiger partial charge < -0.3 is 35.2 Å². The number of amides is 3. The SMILES string of the molecule is CCCCCCCCCCCCC(Oc1ccc(O)c(C)c1)C(=O)Nc1ccc(Cl)c(N=C2NN(c3c(Cl)cc(Cl)cc3Cl)C(=O)C2=Nc2ccc(N(CC)CCNS(=O)OC)cc2C)c1.CCN(CCNS(=O)OC)c1ccc(N=C2C(=O)N(c3c(Cl)cc(Cl)cc3Cl)NC2=Nc2cc(NC)ccc2Cl)c(C)c1.CCN(CCNS(=O)OC)c1ccc(N=C2C(C)=Nn3c(C)nnc32)c(C)c1. The molecule has 4 unspecified atom stereocenters. The van der Waals surface area contributed by atoms with E-state index in [-0.39, 0.29) is 81.9 Å². The highest BCUT2D eigenvalue weighted by molar-refractivity contribution is 7.78. The van der Waals surface area contributed by atoms with Crippen LogP contribution in [-0.2, 0) is 60.7 Å². The quantitative estimate of drug-likeness (QED) is 0.0164. The van der Waals surface area contributed by atoms with Gasteiger partial charge in [-0.3, -0.25) is 37.8 Å². The lowest BCUT2D eigenvalue weighted by Crippen LogP contribution is -2.36. The van der Waals surface area contributed by atoms with Gasteiger partial charge in [-0.05, 0) is 231 Å². The number of nitrogens with zero attached hydrogens (tertiary/aromatic N) is 14. The molecule has 3 aliphatic heterocycles. The van der Waals surface area contributed by atoms with Crippen LogP contribution in [0.4, 0.5) is 68.2 Å². The van der Waals surface area contributed by atoms with Gasteiger partial charge in [0.2, 0.25) is 39.6 Å². The summed E-state index contributed by atoms with van der Waals surface area (Å²) in [6.45, 7) is 25.3. The highest BCUT2D eigenvalue weighted by atomic mass is 35.5. The van der Waals surface area contributed by atoms with Crippen molar-refractivity contribution in [2.24, 2.45) is 30.1 Å². The maximum absolute atomic E-state index is 14.3. The number of phenolic OH excluding ortho intramolecular Hbond substituents is 1. The standard InChI is InChI=1S/C48H59Cl4N7O6S.C28H29Cl4N7O3S.C18H25N7O2S/c1-6-8-9-10-11-12-13-14-15-16-17-43(65-36-20-23-42(60)32(4)27-36)47(61)54-34-18-21-37(50)41(30-34)56-46-44(48(62)59(57-46)45-38(51)28-33(49)29-39(45)52)55-40-22-19-35(26-31(40)3)58(7-2)25-24-53-66(63)64-5;1-5-38(11-10-34-43(41)42-4)19-7-9-23(16(2)12-19)35-25-27(36-24-15-18(33-3)6-8-20(24)30)37-39(28(25)40)26-21(31)13-17(29)14-22(26)32;1-6-24(10-9-19-28(26)27-5)15-7-8-16(12(2)11-15)20-17-13(3)23-25-14(4)21-22-18(17)25/h18-23,26-30,43,53,60H,6-17,24-25H2,1-5H3,(H,54,61)(H,56,57);6-9,12-15,33-34H,5,10-11H2,1-4H3,(H,36,37);7-8,11,19H,6,9-10H2,1-5H3. The van der Waals surface area contributed by atoms with Crippen molar-refractivity contribution in [3.05, 3.63) is 208 Å². The molecule has 3 amide bonds. The highest BCUT2D eigenvalue weighted by Gasteiger charge is 2.40. The second kappa shape index (κ2) is 53.6. The van der Waals surface area contributed by atoms with Crippen molar-refractivity contribution in [2.45, 2.75) is 146 Å². The molecular formula is C94H113Cl8N21O11S3. The molecule has 0 spiro atoms. The van der Waals surface area contributed by atoms with E-state index in [1.54, 1.807) is 73.2 Å². The fourth-order valence-electron chi connectivity index (χ4n) is 14.6. The molecule has 137 heavy (non-hydrogen) atoms. The molecule has 4 atom stereocenters. The molecule has 8 N–H and O–H groups in total. The first kappa shape index (κ1) is 109. The van der Waals surface area contributed by atoms with Crippen molar-refractivity contribution < 1.29 is 49.4 Å². The molecule has 1 aromatic heterocycles. The number of aryl methyl sites for hydroxylation is 5. The number of carbonyl (C=O) groups excluding carboxylic acids is 3. The maximum Gasteiger partial charge on any atom is 0.299 e. The van der Waals surface area contributed by atoms with Crippen molar-refractivity contribution in [3.63, 3.8) is 0 Å². The van der Waals surface area contributed by atoms with Crippen LogP contribution < -0.4 is 65.1 Å². The molecule has 2 saturated heterocycles. The van der Waals surface area contributed by atoms with E-state index >= 15 is 0 Å². The van der Waals surface area contributed by atoms with Gasteiger partial charge in [-0.15, -0.1) is 10.2 Å². The summed E-state index contributed by atoms with van der Waals surface area (Å²) in [5.74, 6) is 0.712. The molecule has 4 heterocycles. The topological polar surface area (TPSA) is 365 Å². The molecular weight excluding hydrogens is 1980 g/mol. The van der Waals surface area contributed by atoms with E-state index < -0.39 is 51.7 Å². The van der Waals surface area contributed by atoms with Crippen LogP contribution in [0.15, 0.2) is 164 Å². The Kier molecular flexibility index (Phi) is 42.7. The van der Waals surface area contributed by atoms with E-state index in [4.69, 9.17) is 130 Å². The lowest BCUT2D eigenvalue weighted by molar-refractivity contribution is -0.123. The van der Waals surface area contributed by atoms with Crippen molar-refractivity contribution >= 4 is 247 Å². The van der Waals surface area contributed by atoms with Gasteiger partial charge in [0.25, 0.3) is 17.7 Å². The third-order valence-electron chi connectivity index (χ3n) is 21.9. The number of hydrazine groups is 2. The van der Waals surface area contributed by atoms with Gasteiger partial charge in [0.15, 0.2) is 35.0 Å². The van der Waals surface area contributed by atoms with Crippen LogP contribution in [0.25, 0.3) is 0 Å². The fourth-order valence-corrected chi connectivity index (χ4v) is 18.0. The van der Waals surface area contributed by atoms with Gasteiger partial charge in [-0.1, -0.05) is 158 Å². The maximum atomic E-state index is 14.3. The number of hydrogen-bond donors (Lipinski definition) is 8. The highest BCUT2D eigenvalue weighted by Crippen LogP contribution is 2.42. The van der Waals surface area contributed by atoms with Gasteiger partial charge in [0.1, 0.15) is 28.6 Å². The minimum atomic E-state index is -1.59. The Balaban J connectivity index is 0.000000232. The molecule has 0 aliphatic carbocycles. The van der Waals surface area contributed by atoms with Crippen molar-refractivity contribution in [2.75, 3.05) is 123 Å². The lowest BCUT2D eigenvalue weighted by Gasteiger charge is -2.23. The number of halogens is 8. The Morgan fingerprint density at radius 2 is 0.869 bits per heavy atom. The average Bonchev–Trinajstić information content (AvgIpc) is 1.63. The number of likely N-dealkylation sites (N-methyl/N-ethyl adjacent to an activating group) is 3. The number of phenols is 1. The molecule has 0 bridgehead atoms. The van der Waals surface area contributed by atoms with E-state index in [1.807, 2.05) is 97.0 Å². The number of unbranched alkanes of at least 4 members (excludes halogenated alkanes) is 9. The predicted octanol–water partition coefficient (Wildman–Crippen LogP) is 20.9. The van der Waals surface area contributed by atoms with E-state index in [0.717, 1.165) is 106 Å². The van der Waals surface area contributed by atoms with Crippen LogP contribution in [0.2, 0.25) is 40.2 Å². The fraction of sp³-hybridized carbons (Fsp3) is 0.372. The zero-order chi connectivity index (χ0) is 99.3. The van der Waals surface area contributed by atoms with Crippen molar-refractivity contribution in [3.8, 4) is 11.5 Å². The molecule has 0 saturated carbocycles. The molecule has 9 aromatic rings. The minimum absolute atomic E-state index is 0.0300. The number of carbonyl (C=O) groups is 3. The Labute approximate surface area is 847 Å². The van der Waals surface area contributed by atoms with E-state index in [2.05, 4.69) is 90.6 Å². The first-order chi connectivity index (χ1) is 65.7. The van der Waals surface area contributed by atoms with E-state index in [0.29, 0.717) is 102 Å². The summed E-state index contributed by atoms with van der Waals surface area (Å²) in [4.78, 5) is 72.4. The van der Waals surface area contributed by atoms with Crippen LogP contribution in [0.1, 0.15) is 139 Å².